The summed E-state index contributed by atoms with van der Waals surface area (Å²) in [4.78, 5) is 0. The summed E-state index contributed by atoms with van der Waals surface area (Å²) in [5, 5.41) is 1.56. The van der Waals surface area contributed by atoms with Crippen LogP contribution in [0.3, 0.4) is 0 Å². The number of benzene rings is 3. The van der Waals surface area contributed by atoms with Crippen LogP contribution in [0.1, 0.15) is 49.7 Å². The van der Waals surface area contributed by atoms with Crippen molar-refractivity contribution < 1.29 is 0 Å². The van der Waals surface area contributed by atoms with Crippen molar-refractivity contribution in [2.24, 2.45) is 0 Å². The minimum Gasteiger partial charge on any atom is -0.0726 e. The van der Waals surface area contributed by atoms with Crippen LogP contribution >= 0.6 is 0 Å². The molecule has 0 nitrogen and oxygen atoms in total. The van der Waals surface area contributed by atoms with Crippen LogP contribution in [0.4, 0.5) is 0 Å². The van der Waals surface area contributed by atoms with E-state index in [4.69, 9.17) is 0 Å². The number of hydrogen-bond donors (Lipinski definition) is 0. The van der Waals surface area contributed by atoms with Crippen LogP contribution in [-0.4, -0.2) is 8.07 Å². The Labute approximate surface area is 265 Å². The van der Waals surface area contributed by atoms with Crippen LogP contribution in [0, 0.1) is 0 Å². The molecule has 4 aliphatic carbocycles. The van der Waals surface area contributed by atoms with Gasteiger partial charge in [-0.15, -0.1) is 0 Å². The first-order valence-electron chi connectivity index (χ1n) is 16.4. The molecule has 218 valence electrons. The largest absolute Gasteiger partial charge is 0.106 e. The topological polar surface area (TPSA) is 0 Å². The molecule has 4 unspecified atom stereocenters. The van der Waals surface area contributed by atoms with E-state index in [1.807, 2.05) is 0 Å². The molecule has 4 atom stereocenters. The maximum absolute atomic E-state index is 2.71. The van der Waals surface area contributed by atoms with Gasteiger partial charge in [0.05, 0.1) is 0 Å². The van der Waals surface area contributed by atoms with E-state index in [0.29, 0.717) is 11.1 Å². The van der Waals surface area contributed by atoms with Crippen molar-refractivity contribution in [3.63, 3.8) is 0 Å². The predicted octanol–water partition coefficient (Wildman–Crippen LogP) is 10.8. The zero-order valence-corrected chi connectivity index (χ0v) is 27.2. The summed E-state index contributed by atoms with van der Waals surface area (Å²) in [5.74, 6) is 0.538. The first-order valence-corrected chi connectivity index (χ1v) is 19.0. The Balaban J connectivity index is 1.45. The van der Waals surface area contributed by atoms with Gasteiger partial charge in [-0.1, -0.05) is 188 Å². The summed E-state index contributed by atoms with van der Waals surface area (Å²) in [5.41, 5.74) is 12.8. The monoisotopic (exact) mass is 586 g/mol. The van der Waals surface area contributed by atoms with Gasteiger partial charge in [0.2, 0.25) is 0 Å². The van der Waals surface area contributed by atoms with Gasteiger partial charge in [-0.2, -0.15) is 0 Å². The van der Waals surface area contributed by atoms with E-state index in [9.17, 15) is 0 Å². The van der Waals surface area contributed by atoms with Crippen LogP contribution < -0.4 is 5.19 Å². The zero-order chi connectivity index (χ0) is 30.1. The van der Waals surface area contributed by atoms with E-state index >= 15 is 0 Å². The van der Waals surface area contributed by atoms with Crippen LogP contribution in [0.15, 0.2) is 185 Å². The molecule has 0 radical (unpaired) electrons. The van der Waals surface area contributed by atoms with E-state index in [-0.39, 0.29) is 11.8 Å². The third-order valence-electron chi connectivity index (χ3n) is 10.5. The SMILES string of the molecule is CCC1=CC2=C(C=CC=CC2c2ccccc2)C1[Si](C)(c1ccccc1)C1C(CC)=CC2=C1C=CC=CC2c1ccccc1. The molecule has 4 aliphatic rings. The highest BCUT2D eigenvalue weighted by Gasteiger charge is 2.53. The van der Waals surface area contributed by atoms with E-state index in [0.717, 1.165) is 12.8 Å². The molecule has 0 saturated heterocycles. The molecular formula is C43H42Si. The van der Waals surface area contributed by atoms with Gasteiger partial charge >= 0.3 is 0 Å². The summed E-state index contributed by atoms with van der Waals surface area (Å²) in [6.07, 6.45) is 26.2. The van der Waals surface area contributed by atoms with E-state index in [1.54, 1.807) is 27.5 Å². The molecule has 0 fully saturated rings. The first-order chi connectivity index (χ1) is 21.6. The molecule has 0 heterocycles. The van der Waals surface area contributed by atoms with Gasteiger partial charge in [0.1, 0.15) is 8.07 Å². The summed E-state index contributed by atoms with van der Waals surface area (Å²) >= 11 is 0. The van der Waals surface area contributed by atoms with Crippen molar-refractivity contribution in [2.75, 3.05) is 0 Å². The first kappa shape index (κ1) is 28.6. The second-order valence-corrected chi connectivity index (χ2v) is 17.0. The summed E-state index contributed by atoms with van der Waals surface area (Å²) in [6.45, 7) is 7.46. The minimum atomic E-state index is -2.36. The smallest absolute Gasteiger partial charge is 0.0726 e. The molecule has 0 amide bonds. The lowest BCUT2D eigenvalue weighted by atomic mass is 9.89. The Morgan fingerprint density at radius 1 is 0.500 bits per heavy atom. The highest BCUT2D eigenvalue weighted by molar-refractivity contribution is 6.95. The Kier molecular flexibility index (Phi) is 7.83. The summed E-state index contributed by atoms with van der Waals surface area (Å²) in [6, 6.07) is 33.8. The maximum Gasteiger partial charge on any atom is 0.106 e. The average Bonchev–Trinajstić information content (AvgIpc) is 3.48. The quantitative estimate of drug-likeness (QED) is 0.242. The lowest BCUT2D eigenvalue weighted by Gasteiger charge is -2.44. The molecule has 0 N–H and O–H groups in total. The fourth-order valence-electron chi connectivity index (χ4n) is 8.49. The van der Waals surface area contributed by atoms with Crippen molar-refractivity contribution in [3.8, 4) is 0 Å². The predicted molar refractivity (Wildman–Crippen MR) is 191 cm³/mol. The lowest BCUT2D eigenvalue weighted by molar-refractivity contribution is 0.931. The summed E-state index contributed by atoms with van der Waals surface area (Å²) < 4.78 is 0. The molecular weight excluding hydrogens is 545 g/mol. The van der Waals surface area contributed by atoms with Crippen LogP contribution in [0.25, 0.3) is 0 Å². The molecule has 0 aliphatic heterocycles. The van der Waals surface area contributed by atoms with Gasteiger partial charge in [-0.25, -0.2) is 0 Å². The molecule has 3 aromatic rings. The van der Waals surface area contributed by atoms with Gasteiger partial charge in [-0.3, -0.25) is 0 Å². The third-order valence-corrected chi connectivity index (χ3v) is 15.8. The molecule has 0 aromatic heterocycles. The Bertz CT molecular complexity index is 1660. The molecule has 1 heteroatoms. The molecule has 7 rings (SSSR count). The van der Waals surface area contributed by atoms with E-state index in [1.165, 1.54) is 22.3 Å². The second-order valence-electron chi connectivity index (χ2n) is 12.7. The minimum absolute atomic E-state index is 0.269. The lowest BCUT2D eigenvalue weighted by Crippen LogP contribution is -2.54. The fraction of sp³-hybridized carbons (Fsp3) is 0.209. The number of hydrogen-bond acceptors (Lipinski definition) is 0. The van der Waals surface area contributed by atoms with Crippen LogP contribution in [0.5, 0.6) is 0 Å². The molecule has 0 bridgehead atoms. The normalized spacial score (nSPS) is 25.2. The average molecular weight is 587 g/mol. The molecule has 0 saturated carbocycles. The van der Waals surface area contributed by atoms with Crippen molar-refractivity contribution in [2.45, 2.75) is 56.2 Å². The molecule has 0 spiro atoms. The van der Waals surface area contributed by atoms with E-state index in [2.05, 4.69) is 172 Å². The fourth-order valence-corrected chi connectivity index (χ4v) is 14.3. The zero-order valence-electron chi connectivity index (χ0n) is 26.2. The number of allylic oxidation sites excluding steroid dienone is 16. The van der Waals surface area contributed by atoms with Gasteiger partial charge < -0.3 is 0 Å². The molecule has 44 heavy (non-hydrogen) atoms. The van der Waals surface area contributed by atoms with Crippen LogP contribution in [0.2, 0.25) is 17.6 Å². The third kappa shape index (κ3) is 4.75. The van der Waals surface area contributed by atoms with Crippen molar-refractivity contribution in [1.82, 2.24) is 0 Å². The second kappa shape index (κ2) is 12.1. The van der Waals surface area contributed by atoms with Crippen molar-refractivity contribution in [3.05, 3.63) is 196 Å². The Morgan fingerprint density at radius 3 is 1.32 bits per heavy atom. The van der Waals surface area contributed by atoms with Crippen LogP contribution in [-0.2, 0) is 0 Å². The Morgan fingerprint density at radius 2 is 0.909 bits per heavy atom. The number of rotatable bonds is 7. The van der Waals surface area contributed by atoms with Gasteiger partial charge in [-0.05, 0) is 46.3 Å². The van der Waals surface area contributed by atoms with E-state index < -0.39 is 8.07 Å². The van der Waals surface area contributed by atoms with Gasteiger partial charge in [0, 0.05) is 22.9 Å². The Hall–Kier alpha value is -4.20. The summed E-state index contributed by atoms with van der Waals surface area (Å²) in [7, 11) is -2.36. The van der Waals surface area contributed by atoms with Crippen molar-refractivity contribution in [1.29, 1.82) is 0 Å². The van der Waals surface area contributed by atoms with Crippen molar-refractivity contribution >= 4 is 13.3 Å². The maximum atomic E-state index is 2.71. The van der Waals surface area contributed by atoms with Gasteiger partial charge in [0.25, 0.3) is 0 Å². The standard InChI is InChI=1S/C43H42Si/c1-4-31-29-40-36(33-19-9-6-10-20-33)25-15-17-27-38(40)42(31)44(3,35-23-13-8-14-24-35)43-32(5-2)30-41-37(26-16-18-28-39(41)43)34-21-11-7-12-22-34/h6-30,36-37,42-43H,4-5H2,1-3H3. The van der Waals surface area contributed by atoms with Gasteiger partial charge in [0.15, 0.2) is 0 Å². The highest BCUT2D eigenvalue weighted by Crippen LogP contribution is 2.59. The molecule has 3 aromatic carbocycles. The highest BCUT2D eigenvalue weighted by atomic mass is 28.3.